The molecular formula is C11H21NO2S. The van der Waals surface area contributed by atoms with E-state index in [1.165, 1.54) is 39.5 Å². The van der Waals surface area contributed by atoms with E-state index < -0.39 is 0 Å². The summed E-state index contributed by atoms with van der Waals surface area (Å²) < 4.78 is 4.68. The van der Waals surface area contributed by atoms with Crippen molar-refractivity contribution in [3.63, 3.8) is 0 Å². The van der Waals surface area contributed by atoms with Crippen LogP contribution < -0.4 is 0 Å². The third-order valence-corrected chi connectivity index (χ3v) is 3.87. The second kappa shape index (κ2) is 7.12. The average Bonchev–Trinajstić information content (AvgIpc) is 2.29. The van der Waals surface area contributed by atoms with Crippen LogP contribution in [0.25, 0.3) is 0 Å². The molecule has 0 radical (unpaired) electrons. The maximum absolute atomic E-state index is 11.1. The largest absolute Gasteiger partial charge is 0.468 e. The molecule has 0 spiro atoms. The molecule has 0 unspecified atom stereocenters. The molecule has 0 aromatic rings. The van der Waals surface area contributed by atoms with Crippen molar-refractivity contribution < 1.29 is 9.53 Å². The number of ether oxygens (including phenoxy) is 1. The lowest BCUT2D eigenvalue weighted by Crippen LogP contribution is -2.32. The molecule has 3 nitrogen and oxygen atoms in total. The number of esters is 1. The Labute approximate surface area is 96.5 Å². The zero-order valence-corrected chi connectivity index (χ0v) is 10.5. The van der Waals surface area contributed by atoms with Crippen LogP contribution in [0.4, 0.5) is 0 Å². The van der Waals surface area contributed by atoms with Crippen molar-refractivity contribution in [3.8, 4) is 0 Å². The Kier molecular flexibility index (Phi) is 6.10. The Balaban J connectivity index is 2.07. The first kappa shape index (κ1) is 12.8. The molecule has 15 heavy (non-hydrogen) atoms. The van der Waals surface area contributed by atoms with Gasteiger partial charge in [0.05, 0.1) is 12.4 Å². The summed E-state index contributed by atoms with van der Waals surface area (Å²) in [6, 6.07) is 0. The Hall–Kier alpha value is -0.220. The summed E-state index contributed by atoms with van der Waals surface area (Å²) in [6.45, 7) is 5.47. The Morgan fingerprint density at radius 2 is 2.07 bits per heavy atom. The minimum atomic E-state index is -0.112. The Bertz CT molecular complexity index is 193. The van der Waals surface area contributed by atoms with Crippen LogP contribution in [0.5, 0.6) is 0 Å². The van der Waals surface area contributed by atoms with Crippen molar-refractivity contribution >= 4 is 17.7 Å². The standard InChI is InChI=1S/C11H21NO2S/c1-10(11(13)14-2)15-9-8-12-6-4-3-5-7-12/h10H,3-9H2,1-2H3/t10-/m1/s1. The smallest absolute Gasteiger partial charge is 0.318 e. The van der Waals surface area contributed by atoms with Crippen LogP contribution in [0.2, 0.25) is 0 Å². The Morgan fingerprint density at radius 3 is 2.67 bits per heavy atom. The van der Waals surface area contributed by atoms with Crippen molar-refractivity contribution in [2.75, 3.05) is 32.5 Å². The topological polar surface area (TPSA) is 29.5 Å². The number of rotatable bonds is 5. The van der Waals surface area contributed by atoms with Crippen LogP contribution in [0.3, 0.4) is 0 Å². The number of likely N-dealkylation sites (tertiary alicyclic amines) is 1. The highest BCUT2D eigenvalue weighted by Gasteiger charge is 2.14. The number of piperidine rings is 1. The van der Waals surface area contributed by atoms with E-state index in [-0.39, 0.29) is 11.2 Å². The number of carbonyl (C=O) groups is 1. The molecule has 88 valence electrons. The number of hydrogen-bond donors (Lipinski definition) is 0. The summed E-state index contributed by atoms with van der Waals surface area (Å²) in [7, 11) is 1.45. The van der Waals surface area contributed by atoms with Crippen molar-refractivity contribution in [2.24, 2.45) is 0 Å². The van der Waals surface area contributed by atoms with Crippen LogP contribution in [-0.4, -0.2) is 48.6 Å². The van der Waals surface area contributed by atoms with Crippen LogP contribution in [-0.2, 0) is 9.53 Å². The third kappa shape index (κ3) is 4.89. The normalized spacial score (nSPS) is 19.9. The molecule has 1 heterocycles. The molecule has 0 amide bonds. The first-order valence-corrected chi connectivity index (χ1v) is 6.70. The molecule has 0 aromatic heterocycles. The molecule has 4 heteroatoms. The molecule has 1 saturated heterocycles. The van der Waals surface area contributed by atoms with Gasteiger partial charge in [-0.15, -0.1) is 11.8 Å². The molecule has 0 aliphatic carbocycles. The van der Waals surface area contributed by atoms with E-state index in [0.29, 0.717) is 0 Å². The minimum absolute atomic E-state index is 0.0280. The quantitative estimate of drug-likeness (QED) is 0.674. The van der Waals surface area contributed by atoms with E-state index in [1.54, 1.807) is 11.8 Å². The van der Waals surface area contributed by atoms with Crippen molar-refractivity contribution in [1.29, 1.82) is 0 Å². The monoisotopic (exact) mass is 231 g/mol. The fourth-order valence-electron chi connectivity index (χ4n) is 1.78. The zero-order chi connectivity index (χ0) is 11.1. The summed E-state index contributed by atoms with van der Waals surface area (Å²) >= 11 is 1.69. The van der Waals surface area contributed by atoms with Gasteiger partial charge in [-0.1, -0.05) is 6.42 Å². The molecule has 1 fully saturated rings. The van der Waals surface area contributed by atoms with Gasteiger partial charge < -0.3 is 9.64 Å². The fraction of sp³-hybridized carbons (Fsp3) is 0.909. The first-order chi connectivity index (χ1) is 7.24. The van der Waals surface area contributed by atoms with E-state index in [0.717, 1.165) is 12.3 Å². The number of carbonyl (C=O) groups excluding carboxylic acids is 1. The van der Waals surface area contributed by atoms with Gasteiger partial charge in [0.25, 0.3) is 0 Å². The summed E-state index contributed by atoms with van der Waals surface area (Å²) in [5.41, 5.74) is 0. The minimum Gasteiger partial charge on any atom is -0.468 e. The van der Waals surface area contributed by atoms with Gasteiger partial charge in [-0.25, -0.2) is 0 Å². The van der Waals surface area contributed by atoms with Gasteiger partial charge in [-0.3, -0.25) is 4.79 Å². The van der Waals surface area contributed by atoms with E-state index in [2.05, 4.69) is 9.64 Å². The van der Waals surface area contributed by atoms with Gasteiger partial charge >= 0.3 is 5.97 Å². The number of hydrogen-bond acceptors (Lipinski definition) is 4. The highest BCUT2D eigenvalue weighted by atomic mass is 32.2. The lowest BCUT2D eigenvalue weighted by molar-refractivity contribution is -0.139. The van der Waals surface area contributed by atoms with Gasteiger partial charge in [-0.2, -0.15) is 0 Å². The molecule has 1 aliphatic heterocycles. The molecule has 0 saturated carbocycles. The van der Waals surface area contributed by atoms with E-state index >= 15 is 0 Å². The average molecular weight is 231 g/mol. The zero-order valence-electron chi connectivity index (χ0n) is 9.70. The summed E-state index contributed by atoms with van der Waals surface area (Å²) in [5.74, 6) is 0.912. The van der Waals surface area contributed by atoms with Gasteiger partial charge in [0.1, 0.15) is 0 Å². The molecule has 0 N–H and O–H groups in total. The second-order valence-corrected chi connectivity index (χ2v) is 5.39. The lowest BCUT2D eigenvalue weighted by Gasteiger charge is -2.26. The Morgan fingerprint density at radius 1 is 1.40 bits per heavy atom. The number of nitrogens with zero attached hydrogens (tertiary/aromatic N) is 1. The third-order valence-electron chi connectivity index (χ3n) is 2.76. The van der Waals surface area contributed by atoms with Crippen molar-refractivity contribution in [3.05, 3.63) is 0 Å². The first-order valence-electron chi connectivity index (χ1n) is 5.66. The molecule has 1 rings (SSSR count). The summed E-state index contributed by atoms with van der Waals surface area (Å²) in [4.78, 5) is 13.6. The fourth-order valence-corrected chi connectivity index (χ4v) is 2.73. The van der Waals surface area contributed by atoms with Gasteiger partial charge in [0.15, 0.2) is 0 Å². The molecular weight excluding hydrogens is 210 g/mol. The lowest BCUT2D eigenvalue weighted by atomic mass is 10.1. The molecule has 0 aromatic carbocycles. The van der Waals surface area contributed by atoms with Crippen LogP contribution in [0.15, 0.2) is 0 Å². The molecule has 1 atom stereocenters. The highest BCUT2D eigenvalue weighted by Crippen LogP contribution is 2.14. The van der Waals surface area contributed by atoms with Crippen LogP contribution in [0.1, 0.15) is 26.2 Å². The van der Waals surface area contributed by atoms with Gasteiger partial charge in [-0.05, 0) is 32.9 Å². The summed E-state index contributed by atoms with van der Waals surface area (Å²) in [6.07, 6.45) is 4.04. The summed E-state index contributed by atoms with van der Waals surface area (Å²) in [5, 5.41) is -0.0280. The second-order valence-electron chi connectivity index (χ2n) is 3.94. The number of thioether (sulfide) groups is 1. The molecule has 0 bridgehead atoms. The van der Waals surface area contributed by atoms with Crippen molar-refractivity contribution in [1.82, 2.24) is 4.90 Å². The highest BCUT2D eigenvalue weighted by molar-refractivity contribution is 8.00. The number of methoxy groups -OCH3 is 1. The van der Waals surface area contributed by atoms with Crippen LogP contribution in [0, 0.1) is 0 Å². The predicted octanol–water partition coefficient (Wildman–Crippen LogP) is 1.77. The SMILES string of the molecule is COC(=O)[C@@H](C)SCCN1CCCCC1. The van der Waals surface area contributed by atoms with Gasteiger partial charge in [0.2, 0.25) is 0 Å². The van der Waals surface area contributed by atoms with Gasteiger partial charge in [0, 0.05) is 12.3 Å². The maximum atomic E-state index is 11.1. The van der Waals surface area contributed by atoms with Crippen molar-refractivity contribution in [2.45, 2.75) is 31.4 Å². The van der Waals surface area contributed by atoms with Crippen LogP contribution >= 0.6 is 11.8 Å². The maximum Gasteiger partial charge on any atom is 0.318 e. The van der Waals surface area contributed by atoms with E-state index in [4.69, 9.17) is 0 Å². The van der Waals surface area contributed by atoms with E-state index in [1.807, 2.05) is 6.92 Å². The molecule has 1 aliphatic rings. The van der Waals surface area contributed by atoms with E-state index in [9.17, 15) is 4.79 Å². The predicted molar refractivity (Wildman–Crippen MR) is 64.2 cm³/mol.